The summed E-state index contributed by atoms with van der Waals surface area (Å²) in [6, 6.07) is 11.2. The summed E-state index contributed by atoms with van der Waals surface area (Å²) in [5.74, 6) is 0.221. The molecule has 0 saturated carbocycles. The van der Waals surface area contributed by atoms with Crippen LogP contribution in [0.4, 0.5) is 11.4 Å². The summed E-state index contributed by atoms with van der Waals surface area (Å²) in [4.78, 5) is 35.5. The van der Waals surface area contributed by atoms with Gasteiger partial charge in [0.1, 0.15) is 12.3 Å². The maximum absolute atomic E-state index is 12.7. The molecule has 0 radical (unpaired) electrons. The van der Waals surface area contributed by atoms with E-state index in [1.807, 2.05) is 13.8 Å². The summed E-state index contributed by atoms with van der Waals surface area (Å²) in [6.45, 7) is 5.37. The summed E-state index contributed by atoms with van der Waals surface area (Å²) in [5.41, 5.74) is 0.610. The highest BCUT2D eigenvalue weighted by atomic mass is 16.6. The van der Waals surface area contributed by atoms with Crippen molar-refractivity contribution in [1.29, 1.82) is 0 Å². The highest BCUT2D eigenvalue weighted by Crippen LogP contribution is 2.22. The van der Waals surface area contributed by atoms with E-state index in [2.05, 4.69) is 5.32 Å². The third-order valence-corrected chi connectivity index (χ3v) is 4.34. The third-order valence-electron chi connectivity index (χ3n) is 4.34. The summed E-state index contributed by atoms with van der Waals surface area (Å²) in [7, 11) is 0. The topological polar surface area (TPSA) is 103 Å². The number of fused-ring (bicyclic) bond motifs is 1. The molecule has 0 unspecified atom stereocenters. The molecule has 0 aliphatic carbocycles. The van der Waals surface area contributed by atoms with Crippen molar-refractivity contribution in [2.75, 3.05) is 5.32 Å². The van der Waals surface area contributed by atoms with E-state index in [0.29, 0.717) is 22.4 Å². The Labute approximate surface area is 166 Å². The summed E-state index contributed by atoms with van der Waals surface area (Å²) in [6.07, 6.45) is 1.57. The Morgan fingerprint density at radius 2 is 1.97 bits per heavy atom. The number of amides is 1. The van der Waals surface area contributed by atoms with Crippen molar-refractivity contribution in [2.24, 2.45) is 0 Å². The predicted octanol–water partition coefficient (Wildman–Crippen LogP) is 3.64. The Morgan fingerprint density at radius 3 is 2.66 bits per heavy atom. The van der Waals surface area contributed by atoms with Crippen LogP contribution >= 0.6 is 0 Å². The number of ether oxygens (including phenoxy) is 1. The molecule has 2 aromatic carbocycles. The smallest absolute Gasteiger partial charge is 0.271 e. The van der Waals surface area contributed by atoms with E-state index in [9.17, 15) is 19.7 Å². The number of aromatic nitrogens is 1. The zero-order chi connectivity index (χ0) is 21.1. The number of nitrogens with one attached hydrogen (secondary N) is 1. The molecule has 0 spiro atoms. The molecule has 0 atom stereocenters. The quantitative estimate of drug-likeness (QED) is 0.507. The number of benzene rings is 2. The summed E-state index contributed by atoms with van der Waals surface area (Å²) < 4.78 is 6.94. The van der Waals surface area contributed by atoms with Crippen LogP contribution in [0, 0.1) is 17.0 Å². The summed E-state index contributed by atoms with van der Waals surface area (Å²) in [5, 5.41) is 14.8. The van der Waals surface area contributed by atoms with Gasteiger partial charge in [-0.05, 0) is 56.0 Å². The van der Waals surface area contributed by atoms with Gasteiger partial charge in [-0.25, -0.2) is 0 Å². The molecule has 3 aromatic rings. The highest BCUT2D eigenvalue weighted by molar-refractivity contribution is 5.92. The molecule has 0 fully saturated rings. The number of nitrogens with zero attached hydrogens (tertiary/aromatic N) is 2. The minimum atomic E-state index is -0.528. The molecule has 150 valence electrons. The van der Waals surface area contributed by atoms with Crippen LogP contribution in [0.15, 0.2) is 53.5 Å². The first kappa shape index (κ1) is 20.1. The van der Waals surface area contributed by atoms with Gasteiger partial charge in [-0.2, -0.15) is 0 Å². The molecule has 3 rings (SSSR count). The van der Waals surface area contributed by atoms with Gasteiger partial charge in [-0.15, -0.1) is 0 Å². The number of nitro benzene ring substituents is 1. The monoisotopic (exact) mass is 395 g/mol. The Kier molecular flexibility index (Phi) is 5.63. The number of nitro groups is 1. The average molecular weight is 395 g/mol. The minimum Gasteiger partial charge on any atom is -0.491 e. The second-order valence-electron chi connectivity index (χ2n) is 6.97. The number of carbonyl (C=O) groups excluding carboxylic acids is 1. The maximum Gasteiger partial charge on any atom is 0.271 e. The lowest BCUT2D eigenvalue weighted by atomic mass is 10.1. The van der Waals surface area contributed by atoms with Gasteiger partial charge in [-0.3, -0.25) is 19.7 Å². The average Bonchev–Trinajstić information content (AvgIpc) is 2.65. The first-order valence-electron chi connectivity index (χ1n) is 9.09. The molecule has 1 N–H and O–H groups in total. The van der Waals surface area contributed by atoms with Crippen molar-refractivity contribution < 1.29 is 14.5 Å². The Balaban J connectivity index is 1.82. The normalized spacial score (nSPS) is 10.9. The first-order chi connectivity index (χ1) is 13.7. The van der Waals surface area contributed by atoms with E-state index in [1.54, 1.807) is 43.5 Å². The third kappa shape index (κ3) is 4.60. The Hall–Kier alpha value is -3.68. The number of aryl methyl sites for hydroxylation is 1. The van der Waals surface area contributed by atoms with E-state index < -0.39 is 10.8 Å². The lowest BCUT2D eigenvalue weighted by Crippen LogP contribution is -2.27. The Morgan fingerprint density at radius 1 is 1.21 bits per heavy atom. The molecular formula is C21H21N3O5. The predicted molar refractivity (Wildman–Crippen MR) is 110 cm³/mol. The number of hydrogen-bond donors (Lipinski definition) is 1. The van der Waals surface area contributed by atoms with E-state index in [1.165, 1.54) is 16.7 Å². The van der Waals surface area contributed by atoms with Crippen molar-refractivity contribution in [3.05, 3.63) is 74.7 Å². The van der Waals surface area contributed by atoms with Gasteiger partial charge in [0.2, 0.25) is 5.91 Å². The fourth-order valence-corrected chi connectivity index (χ4v) is 2.94. The van der Waals surface area contributed by atoms with Crippen LogP contribution in [-0.2, 0) is 11.3 Å². The van der Waals surface area contributed by atoms with Crippen molar-refractivity contribution in [1.82, 2.24) is 4.57 Å². The van der Waals surface area contributed by atoms with Crippen LogP contribution in [-0.4, -0.2) is 21.5 Å². The molecule has 0 bridgehead atoms. The van der Waals surface area contributed by atoms with Crippen molar-refractivity contribution >= 4 is 28.1 Å². The second-order valence-corrected chi connectivity index (χ2v) is 6.97. The lowest BCUT2D eigenvalue weighted by molar-refractivity contribution is -0.384. The number of non-ortho nitro benzene ring substituents is 1. The Bertz CT molecular complexity index is 1150. The largest absolute Gasteiger partial charge is 0.491 e. The molecule has 0 aliphatic heterocycles. The maximum atomic E-state index is 12.7. The molecule has 8 nitrogen and oxygen atoms in total. The SMILES string of the molecule is Cc1ccc([N+](=O)[O-])cc1NC(=O)Cn1ccc2cc(OC(C)C)ccc2c1=O. The summed E-state index contributed by atoms with van der Waals surface area (Å²) >= 11 is 0. The molecule has 1 heterocycles. The van der Waals surface area contributed by atoms with E-state index >= 15 is 0 Å². The van der Waals surface area contributed by atoms with E-state index in [0.717, 1.165) is 5.39 Å². The number of carbonyl (C=O) groups is 1. The van der Waals surface area contributed by atoms with Crippen molar-refractivity contribution in [2.45, 2.75) is 33.4 Å². The molecule has 1 amide bonds. The van der Waals surface area contributed by atoms with Gasteiger partial charge in [-0.1, -0.05) is 6.07 Å². The number of hydrogen-bond acceptors (Lipinski definition) is 5. The lowest BCUT2D eigenvalue weighted by Gasteiger charge is -2.12. The van der Waals surface area contributed by atoms with Crippen LogP contribution in [0.25, 0.3) is 10.8 Å². The zero-order valence-corrected chi connectivity index (χ0v) is 16.3. The standard InChI is InChI=1S/C21H21N3O5/c1-13(2)29-17-6-7-18-15(10-17)8-9-23(21(18)26)12-20(25)22-19-11-16(24(27)28)5-4-14(19)3/h4-11,13H,12H2,1-3H3,(H,22,25). The molecule has 0 saturated heterocycles. The molecule has 0 aliphatic rings. The molecule has 29 heavy (non-hydrogen) atoms. The number of anilines is 1. The van der Waals surface area contributed by atoms with Crippen LogP contribution in [0.5, 0.6) is 5.75 Å². The van der Waals surface area contributed by atoms with Gasteiger partial charge in [0.05, 0.1) is 16.7 Å². The van der Waals surface area contributed by atoms with Crippen LogP contribution < -0.4 is 15.6 Å². The van der Waals surface area contributed by atoms with Crippen LogP contribution in [0.3, 0.4) is 0 Å². The molecular weight excluding hydrogens is 374 g/mol. The fraction of sp³-hybridized carbons (Fsp3) is 0.238. The van der Waals surface area contributed by atoms with Crippen LogP contribution in [0.2, 0.25) is 0 Å². The van der Waals surface area contributed by atoms with Gasteiger partial charge in [0, 0.05) is 23.7 Å². The fourth-order valence-electron chi connectivity index (χ4n) is 2.94. The highest BCUT2D eigenvalue weighted by Gasteiger charge is 2.13. The number of rotatable bonds is 6. The van der Waals surface area contributed by atoms with Gasteiger partial charge in [0.25, 0.3) is 11.2 Å². The van der Waals surface area contributed by atoms with Gasteiger partial charge < -0.3 is 14.6 Å². The molecule has 1 aromatic heterocycles. The number of pyridine rings is 1. The van der Waals surface area contributed by atoms with Crippen LogP contribution in [0.1, 0.15) is 19.4 Å². The zero-order valence-electron chi connectivity index (χ0n) is 16.3. The second kappa shape index (κ2) is 8.14. The van der Waals surface area contributed by atoms with Gasteiger partial charge in [0.15, 0.2) is 0 Å². The van der Waals surface area contributed by atoms with E-state index in [-0.39, 0.29) is 23.9 Å². The first-order valence-corrected chi connectivity index (χ1v) is 9.09. The van der Waals surface area contributed by atoms with Crippen molar-refractivity contribution in [3.8, 4) is 5.75 Å². The van der Waals surface area contributed by atoms with E-state index in [4.69, 9.17) is 4.74 Å². The minimum absolute atomic E-state index is 0.0220. The van der Waals surface area contributed by atoms with Gasteiger partial charge >= 0.3 is 0 Å². The molecule has 8 heteroatoms. The van der Waals surface area contributed by atoms with Crippen molar-refractivity contribution in [3.63, 3.8) is 0 Å².